The fraction of sp³-hybridized carbons (Fsp3) is 0.200. The van der Waals surface area contributed by atoms with E-state index >= 15 is 0 Å². The summed E-state index contributed by atoms with van der Waals surface area (Å²) in [4.78, 5) is 5.61. The molecule has 0 bridgehead atoms. The molecule has 1 aromatic carbocycles. The van der Waals surface area contributed by atoms with E-state index in [1.807, 2.05) is 38.1 Å². The fourth-order valence-corrected chi connectivity index (χ4v) is 2.93. The number of hydrogen-bond donors (Lipinski definition) is 0. The van der Waals surface area contributed by atoms with Crippen LogP contribution in [0.2, 0.25) is 0 Å². The average molecular weight is 311 g/mol. The van der Waals surface area contributed by atoms with Gasteiger partial charge in [-0.05, 0) is 26.0 Å². The first-order chi connectivity index (χ1) is 10.6. The summed E-state index contributed by atoms with van der Waals surface area (Å²) in [6.07, 6.45) is 0. The first-order valence-electron chi connectivity index (χ1n) is 6.58. The van der Waals surface area contributed by atoms with Gasteiger partial charge in [0.2, 0.25) is 5.13 Å². The highest BCUT2D eigenvalue weighted by Crippen LogP contribution is 2.29. The summed E-state index contributed by atoms with van der Waals surface area (Å²) in [6, 6.07) is 9.54. The zero-order chi connectivity index (χ0) is 15.7. The van der Waals surface area contributed by atoms with Gasteiger partial charge in [-0.1, -0.05) is 28.7 Å². The molecular weight excluding hydrogens is 298 g/mol. The van der Waals surface area contributed by atoms with E-state index in [1.165, 1.54) is 11.3 Å². The maximum absolute atomic E-state index is 9.31. The molecule has 3 aromatic rings. The minimum Gasteiger partial charge on any atom is -0.497 e. The number of nitrogens with zero attached hydrogens (tertiary/aromatic N) is 5. The Balaban J connectivity index is 2.21. The molecule has 2 aromatic heterocycles. The third-order valence-electron chi connectivity index (χ3n) is 3.32. The van der Waals surface area contributed by atoms with Crippen molar-refractivity contribution >= 4 is 11.3 Å². The predicted molar refractivity (Wildman–Crippen MR) is 83.2 cm³/mol. The largest absolute Gasteiger partial charge is 0.497 e. The van der Waals surface area contributed by atoms with Gasteiger partial charge in [0.15, 0.2) is 5.69 Å². The number of benzene rings is 1. The second-order valence-corrected chi connectivity index (χ2v) is 5.86. The molecule has 0 saturated carbocycles. The maximum atomic E-state index is 9.31. The first kappa shape index (κ1) is 14.2. The number of methoxy groups -OCH3 is 1. The summed E-state index contributed by atoms with van der Waals surface area (Å²) in [5, 5.41) is 18.1. The van der Waals surface area contributed by atoms with Crippen molar-refractivity contribution in [1.82, 2.24) is 20.0 Å². The quantitative estimate of drug-likeness (QED) is 0.743. The van der Waals surface area contributed by atoms with E-state index < -0.39 is 0 Å². The molecule has 0 N–H and O–H groups in total. The van der Waals surface area contributed by atoms with Crippen molar-refractivity contribution in [2.45, 2.75) is 13.8 Å². The first-order valence-corrected chi connectivity index (χ1v) is 7.40. The van der Waals surface area contributed by atoms with E-state index in [2.05, 4.69) is 21.4 Å². The van der Waals surface area contributed by atoms with Gasteiger partial charge in [-0.15, -0.1) is 5.10 Å². The van der Waals surface area contributed by atoms with E-state index in [1.54, 1.807) is 11.8 Å². The smallest absolute Gasteiger partial charge is 0.212 e. The molecule has 0 aliphatic carbocycles. The molecule has 3 rings (SSSR count). The molecule has 0 spiro atoms. The van der Waals surface area contributed by atoms with Crippen LogP contribution in [-0.2, 0) is 0 Å². The van der Waals surface area contributed by atoms with Crippen LogP contribution in [0.25, 0.3) is 16.4 Å². The minimum absolute atomic E-state index is 0.263. The Hall–Kier alpha value is -2.72. The number of hydrogen-bond acceptors (Lipinski definition) is 6. The lowest BCUT2D eigenvalue weighted by atomic mass is 10.1. The van der Waals surface area contributed by atoms with Gasteiger partial charge in [0.1, 0.15) is 17.5 Å². The van der Waals surface area contributed by atoms with E-state index in [-0.39, 0.29) is 5.69 Å². The number of ether oxygens (including phenoxy) is 1. The molecule has 2 heterocycles. The van der Waals surface area contributed by atoms with Crippen LogP contribution >= 0.6 is 11.3 Å². The molecule has 0 saturated heterocycles. The summed E-state index contributed by atoms with van der Waals surface area (Å²) < 4.78 is 6.86. The minimum atomic E-state index is 0.263. The molecule has 0 amide bonds. The monoisotopic (exact) mass is 311 g/mol. The normalized spacial score (nSPS) is 10.5. The van der Waals surface area contributed by atoms with Crippen LogP contribution in [0.15, 0.2) is 24.3 Å². The van der Waals surface area contributed by atoms with Crippen molar-refractivity contribution in [1.29, 1.82) is 5.26 Å². The van der Waals surface area contributed by atoms with Gasteiger partial charge in [-0.2, -0.15) is 9.94 Å². The van der Waals surface area contributed by atoms with Gasteiger partial charge >= 0.3 is 0 Å². The lowest BCUT2D eigenvalue weighted by Crippen LogP contribution is -1.99. The van der Waals surface area contributed by atoms with Crippen molar-refractivity contribution in [2.75, 3.05) is 7.11 Å². The summed E-state index contributed by atoms with van der Waals surface area (Å²) in [6.45, 7) is 3.95. The van der Waals surface area contributed by atoms with Crippen molar-refractivity contribution in [3.63, 3.8) is 0 Å². The predicted octanol–water partition coefficient (Wildman–Crippen LogP) is 2.89. The highest BCUT2D eigenvalue weighted by atomic mass is 32.1. The highest BCUT2D eigenvalue weighted by molar-refractivity contribution is 7.14. The van der Waals surface area contributed by atoms with Crippen LogP contribution in [0, 0.1) is 25.2 Å². The molecule has 0 aliphatic heterocycles. The number of rotatable bonds is 3. The molecule has 0 atom stereocenters. The number of aryl methyl sites for hydroxylation is 2. The van der Waals surface area contributed by atoms with Crippen LogP contribution in [0.4, 0.5) is 0 Å². The lowest BCUT2D eigenvalue weighted by Gasteiger charge is -2.05. The van der Waals surface area contributed by atoms with Gasteiger partial charge in [0.05, 0.1) is 12.8 Å². The molecule has 0 aliphatic rings. The zero-order valence-corrected chi connectivity index (χ0v) is 13.2. The molecule has 0 fully saturated rings. The van der Waals surface area contributed by atoms with Crippen LogP contribution in [0.5, 0.6) is 5.75 Å². The third-order valence-corrected chi connectivity index (χ3v) is 4.37. The standard InChI is InChI=1S/C15H13N5OS/c1-9-10(2)22-15(17-9)20-14(13(8-16)18-19-20)11-5-4-6-12(7-11)21-3/h4-7H,1-3H3. The van der Waals surface area contributed by atoms with Crippen molar-refractivity contribution in [2.24, 2.45) is 0 Å². The van der Waals surface area contributed by atoms with Gasteiger partial charge < -0.3 is 4.74 Å². The summed E-state index contributed by atoms with van der Waals surface area (Å²) in [5.74, 6) is 0.709. The summed E-state index contributed by atoms with van der Waals surface area (Å²) >= 11 is 1.52. The van der Waals surface area contributed by atoms with Crippen LogP contribution in [-0.4, -0.2) is 27.1 Å². The second kappa shape index (κ2) is 5.58. The van der Waals surface area contributed by atoms with E-state index in [4.69, 9.17) is 4.74 Å². The fourth-order valence-electron chi connectivity index (χ4n) is 2.07. The second-order valence-electron chi connectivity index (χ2n) is 4.68. The summed E-state index contributed by atoms with van der Waals surface area (Å²) in [5.41, 5.74) is 2.64. The molecule has 0 radical (unpaired) electrons. The maximum Gasteiger partial charge on any atom is 0.212 e. The van der Waals surface area contributed by atoms with Gasteiger partial charge in [-0.3, -0.25) is 0 Å². The van der Waals surface area contributed by atoms with Crippen LogP contribution in [0.1, 0.15) is 16.3 Å². The van der Waals surface area contributed by atoms with E-state index in [0.717, 1.165) is 16.1 Å². The molecule has 22 heavy (non-hydrogen) atoms. The molecular formula is C15H13N5OS. The van der Waals surface area contributed by atoms with Crippen molar-refractivity contribution < 1.29 is 4.74 Å². The van der Waals surface area contributed by atoms with Gasteiger partial charge in [0.25, 0.3) is 0 Å². The van der Waals surface area contributed by atoms with Gasteiger partial charge in [0, 0.05) is 10.4 Å². The number of aromatic nitrogens is 4. The Bertz CT molecular complexity index is 855. The molecule has 0 unspecified atom stereocenters. The Morgan fingerprint density at radius 1 is 1.32 bits per heavy atom. The number of nitriles is 1. The Morgan fingerprint density at radius 2 is 2.14 bits per heavy atom. The Labute approximate surface area is 131 Å². The highest BCUT2D eigenvalue weighted by Gasteiger charge is 2.19. The topological polar surface area (TPSA) is 76.6 Å². The zero-order valence-electron chi connectivity index (χ0n) is 12.4. The van der Waals surface area contributed by atoms with E-state index in [9.17, 15) is 5.26 Å². The van der Waals surface area contributed by atoms with Crippen molar-refractivity contribution in [3.05, 3.63) is 40.5 Å². The third kappa shape index (κ3) is 2.34. The number of thiazole rings is 1. The Morgan fingerprint density at radius 3 is 2.77 bits per heavy atom. The lowest BCUT2D eigenvalue weighted by molar-refractivity contribution is 0.415. The molecule has 7 heteroatoms. The molecule has 110 valence electrons. The SMILES string of the molecule is COc1cccc(-c2c(C#N)nnn2-c2nc(C)c(C)s2)c1. The van der Waals surface area contributed by atoms with Crippen LogP contribution < -0.4 is 4.74 Å². The van der Waals surface area contributed by atoms with Crippen LogP contribution in [0.3, 0.4) is 0 Å². The van der Waals surface area contributed by atoms with Gasteiger partial charge in [-0.25, -0.2) is 4.98 Å². The van der Waals surface area contributed by atoms with E-state index in [0.29, 0.717) is 16.6 Å². The Kier molecular flexibility index (Phi) is 3.61. The van der Waals surface area contributed by atoms with Crippen molar-refractivity contribution in [3.8, 4) is 28.2 Å². The molecule has 6 nitrogen and oxygen atoms in total. The summed E-state index contributed by atoms with van der Waals surface area (Å²) in [7, 11) is 1.60. The average Bonchev–Trinajstić information content (AvgIpc) is 3.11.